The Balaban J connectivity index is 2.04. The van der Waals surface area contributed by atoms with Crippen LogP contribution in [0.15, 0.2) is 30.3 Å². The molecule has 0 aliphatic rings. The highest BCUT2D eigenvalue weighted by Gasteiger charge is 2.04. The van der Waals surface area contributed by atoms with Gasteiger partial charge in [-0.15, -0.1) is 0 Å². The molecule has 0 fully saturated rings. The van der Waals surface area contributed by atoms with Crippen molar-refractivity contribution in [2.75, 3.05) is 7.05 Å². The average Bonchev–Trinajstić information content (AvgIpc) is 2.45. The summed E-state index contributed by atoms with van der Waals surface area (Å²) in [6, 6.07) is 9.62. The summed E-state index contributed by atoms with van der Waals surface area (Å²) in [5.41, 5.74) is 0.996. The van der Waals surface area contributed by atoms with Gasteiger partial charge in [0, 0.05) is 19.9 Å². The van der Waals surface area contributed by atoms with Gasteiger partial charge in [-0.1, -0.05) is 36.8 Å². The molecule has 1 amide bonds. The molecule has 0 saturated heterocycles. The second kappa shape index (κ2) is 9.14. The summed E-state index contributed by atoms with van der Waals surface area (Å²) in [6.07, 6.45) is 3.39. The van der Waals surface area contributed by atoms with Crippen LogP contribution >= 0.6 is 0 Å². The van der Waals surface area contributed by atoms with Crippen molar-refractivity contribution in [2.45, 2.75) is 38.7 Å². The van der Waals surface area contributed by atoms with Gasteiger partial charge in [-0.3, -0.25) is 9.59 Å². The van der Waals surface area contributed by atoms with E-state index in [9.17, 15) is 9.59 Å². The third kappa shape index (κ3) is 7.24. The summed E-state index contributed by atoms with van der Waals surface area (Å²) in [5.74, 6) is -0.129. The molecular weight excluding hydrogens is 242 g/mol. The fraction of sp³-hybridized carbons (Fsp3) is 0.467. The lowest BCUT2D eigenvalue weighted by Gasteiger charge is -2.04. The zero-order valence-corrected chi connectivity index (χ0v) is 11.4. The predicted molar refractivity (Wildman–Crippen MR) is 73.4 cm³/mol. The smallest absolute Gasteiger partial charge is 0.306 e. The van der Waals surface area contributed by atoms with E-state index in [1.807, 2.05) is 30.3 Å². The Hall–Kier alpha value is -1.84. The van der Waals surface area contributed by atoms with Gasteiger partial charge in [0.2, 0.25) is 5.91 Å². The maximum atomic E-state index is 11.5. The van der Waals surface area contributed by atoms with Crippen molar-refractivity contribution in [3.8, 4) is 0 Å². The van der Waals surface area contributed by atoms with Gasteiger partial charge in [-0.25, -0.2) is 0 Å². The molecule has 0 bridgehead atoms. The predicted octanol–water partition coefficient (Wildman–Crippen LogP) is 2.43. The van der Waals surface area contributed by atoms with Crippen molar-refractivity contribution in [2.24, 2.45) is 0 Å². The van der Waals surface area contributed by atoms with Crippen molar-refractivity contribution in [1.29, 1.82) is 0 Å². The van der Waals surface area contributed by atoms with Crippen molar-refractivity contribution in [3.05, 3.63) is 35.9 Å². The number of ether oxygens (including phenoxy) is 1. The van der Waals surface area contributed by atoms with E-state index in [0.29, 0.717) is 19.4 Å². The van der Waals surface area contributed by atoms with E-state index in [2.05, 4.69) is 5.32 Å². The zero-order chi connectivity index (χ0) is 13.9. The first kappa shape index (κ1) is 15.2. The Kier molecular flexibility index (Phi) is 7.32. The lowest BCUT2D eigenvalue weighted by atomic mass is 10.1. The van der Waals surface area contributed by atoms with E-state index in [1.165, 1.54) is 0 Å². The van der Waals surface area contributed by atoms with Gasteiger partial charge in [0.25, 0.3) is 0 Å². The molecule has 0 aliphatic heterocycles. The van der Waals surface area contributed by atoms with Crippen LogP contribution in [0.2, 0.25) is 0 Å². The van der Waals surface area contributed by atoms with E-state index in [1.54, 1.807) is 7.05 Å². The van der Waals surface area contributed by atoms with Crippen LogP contribution in [0.1, 0.15) is 37.7 Å². The number of hydrogen-bond donors (Lipinski definition) is 1. The first-order valence-corrected chi connectivity index (χ1v) is 6.62. The molecule has 1 aromatic carbocycles. The number of carbonyl (C=O) groups excluding carboxylic acids is 2. The number of rotatable bonds is 8. The molecular formula is C15H21NO3. The van der Waals surface area contributed by atoms with Crippen LogP contribution in [0.4, 0.5) is 0 Å². The molecule has 19 heavy (non-hydrogen) atoms. The highest BCUT2D eigenvalue weighted by Crippen LogP contribution is 2.06. The van der Waals surface area contributed by atoms with Crippen molar-refractivity contribution < 1.29 is 14.3 Å². The van der Waals surface area contributed by atoms with Gasteiger partial charge in [-0.05, 0) is 18.4 Å². The Morgan fingerprint density at radius 1 is 1.05 bits per heavy atom. The maximum Gasteiger partial charge on any atom is 0.306 e. The fourth-order valence-electron chi connectivity index (χ4n) is 1.67. The van der Waals surface area contributed by atoms with Crippen LogP contribution in [-0.2, 0) is 20.9 Å². The van der Waals surface area contributed by atoms with Crippen LogP contribution in [0.25, 0.3) is 0 Å². The topological polar surface area (TPSA) is 55.4 Å². The number of nitrogens with one attached hydrogen (secondary N) is 1. The normalized spacial score (nSPS) is 9.95. The van der Waals surface area contributed by atoms with Crippen molar-refractivity contribution in [3.63, 3.8) is 0 Å². The molecule has 104 valence electrons. The third-order valence-electron chi connectivity index (χ3n) is 2.81. The van der Waals surface area contributed by atoms with Gasteiger partial charge >= 0.3 is 5.97 Å². The molecule has 0 unspecified atom stereocenters. The lowest BCUT2D eigenvalue weighted by molar-refractivity contribution is -0.145. The van der Waals surface area contributed by atoms with Gasteiger partial charge in [0.05, 0.1) is 0 Å². The summed E-state index contributed by atoms with van der Waals surface area (Å²) >= 11 is 0. The van der Waals surface area contributed by atoms with Crippen molar-refractivity contribution >= 4 is 11.9 Å². The summed E-state index contributed by atoms with van der Waals surface area (Å²) in [6.45, 7) is 0.331. The average molecular weight is 263 g/mol. The number of benzene rings is 1. The monoisotopic (exact) mass is 263 g/mol. The number of unbranched alkanes of at least 4 members (excludes halogenated alkanes) is 2. The molecule has 0 aliphatic carbocycles. The molecule has 4 heteroatoms. The van der Waals surface area contributed by atoms with E-state index in [0.717, 1.165) is 24.8 Å². The van der Waals surface area contributed by atoms with Gasteiger partial charge in [0.1, 0.15) is 6.61 Å². The Morgan fingerprint density at radius 2 is 1.74 bits per heavy atom. The molecule has 0 heterocycles. The second-order valence-electron chi connectivity index (χ2n) is 4.38. The van der Waals surface area contributed by atoms with Gasteiger partial charge < -0.3 is 10.1 Å². The Morgan fingerprint density at radius 3 is 2.42 bits per heavy atom. The highest BCUT2D eigenvalue weighted by molar-refractivity contribution is 5.75. The summed E-state index contributed by atoms with van der Waals surface area (Å²) in [4.78, 5) is 22.4. The minimum atomic E-state index is -0.177. The SMILES string of the molecule is CNC(=O)CCCCCC(=O)OCc1ccccc1. The van der Waals surface area contributed by atoms with Gasteiger partial charge in [0.15, 0.2) is 0 Å². The van der Waals surface area contributed by atoms with Crippen LogP contribution in [0.5, 0.6) is 0 Å². The highest BCUT2D eigenvalue weighted by atomic mass is 16.5. The van der Waals surface area contributed by atoms with E-state index < -0.39 is 0 Å². The summed E-state index contributed by atoms with van der Waals surface area (Å²) < 4.78 is 5.16. The van der Waals surface area contributed by atoms with Crippen LogP contribution < -0.4 is 5.32 Å². The number of esters is 1. The molecule has 1 aromatic rings. The van der Waals surface area contributed by atoms with Crippen LogP contribution in [0.3, 0.4) is 0 Å². The Labute approximate surface area is 114 Å². The van der Waals surface area contributed by atoms with Gasteiger partial charge in [-0.2, -0.15) is 0 Å². The summed E-state index contributed by atoms with van der Waals surface area (Å²) in [5, 5.41) is 2.57. The summed E-state index contributed by atoms with van der Waals surface area (Å²) in [7, 11) is 1.63. The minimum Gasteiger partial charge on any atom is -0.461 e. The molecule has 0 saturated carbocycles. The molecule has 1 N–H and O–H groups in total. The molecule has 0 radical (unpaired) electrons. The molecule has 0 spiro atoms. The molecule has 0 aromatic heterocycles. The maximum absolute atomic E-state index is 11.5. The van der Waals surface area contributed by atoms with Crippen LogP contribution in [0, 0.1) is 0 Å². The molecule has 0 atom stereocenters. The molecule has 1 rings (SSSR count). The number of hydrogen-bond acceptors (Lipinski definition) is 3. The molecule has 4 nitrogen and oxygen atoms in total. The van der Waals surface area contributed by atoms with E-state index in [-0.39, 0.29) is 11.9 Å². The lowest BCUT2D eigenvalue weighted by Crippen LogP contribution is -2.16. The van der Waals surface area contributed by atoms with Crippen molar-refractivity contribution in [1.82, 2.24) is 5.32 Å². The fourth-order valence-corrected chi connectivity index (χ4v) is 1.67. The number of carbonyl (C=O) groups is 2. The Bertz CT molecular complexity index is 390. The standard InChI is InChI=1S/C15H21NO3/c1-16-14(17)10-6-3-7-11-15(18)19-12-13-8-4-2-5-9-13/h2,4-5,8-9H,3,6-7,10-12H2,1H3,(H,16,17). The van der Waals surface area contributed by atoms with Crippen LogP contribution in [-0.4, -0.2) is 18.9 Å². The van der Waals surface area contributed by atoms with E-state index >= 15 is 0 Å². The zero-order valence-electron chi connectivity index (χ0n) is 11.4. The third-order valence-corrected chi connectivity index (χ3v) is 2.81. The quantitative estimate of drug-likeness (QED) is 0.579. The number of amides is 1. The van der Waals surface area contributed by atoms with E-state index in [4.69, 9.17) is 4.74 Å². The largest absolute Gasteiger partial charge is 0.461 e. The minimum absolute atomic E-state index is 0.0478. The second-order valence-corrected chi connectivity index (χ2v) is 4.38. The first-order chi connectivity index (χ1) is 9.22. The first-order valence-electron chi connectivity index (χ1n) is 6.62.